The maximum atomic E-state index is 12.5. The van der Waals surface area contributed by atoms with Gasteiger partial charge in [0.1, 0.15) is 0 Å². The second-order valence-corrected chi connectivity index (χ2v) is 8.84. The quantitative estimate of drug-likeness (QED) is 0.579. The summed E-state index contributed by atoms with van der Waals surface area (Å²) >= 11 is 0. The van der Waals surface area contributed by atoms with E-state index in [1.54, 1.807) is 12.1 Å². The number of phosphoric acid groups is 1. The highest BCUT2D eigenvalue weighted by Crippen LogP contribution is 2.61. The van der Waals surface area contributed by atoms with E-state index < -0.39 is 7.82 Å². The van der Waals surface area contributed by atoms with Crippen molar-refractivity contribution in [3.63, 3.8) is 0 Å². The number of aryl methyl sites for hydroxylation is 2. The van der Waals surface area contributed by atoms with Gasteiger partial charge in [-0.1, -0.05) is 0 Å². The second kappa shape index (κ2) is 5.91. The smallest absolute Gasteiger partial charge is 0.504 e. The molecule has 27 heavy (non-hydrogen) atoms. The van der Waals surface area contributed by atoms with Gasteiger partial charge < -0.3 is 19.3 Å². The molecule has 1 aliphatic heterocycles. The van der Waals surface area contributed by atoms with Crippen molar-refractivity contribution in [3.8, 4) is 34.1 Å². The zero-order valence-corrected chi connectivity index (χ0v) is 15.7. The van der Waals surface area contributed by atoms with Crippen LogP contribution in [0.25, 0.3) is 11.1 Å². The molecular formula is C20H21O6P. The Morgan fingerprint density at radius 3 is 1.59 bits per heavy atom. The Balaban J connectivity index is 1.93. The first-order valence-corrected chi connectivity index (χ1v) is 10.9. The van der Waals surface area contributed by atoms with Crippen LogP contribution in [0.2, 0.25) is 0 Å². The number of aromatic hydroxyl groups is 2. The van der Waals surface area contributed by atoms with Crippen molar-refractivity contribution >= 4 is 7.82 Å². The monoisotopic (exact) mass is 388 g/mol. The normalized spacial score (nSPS) is 19.4. The van der Waals surface area contributed by atoms with E-state index in [-0.39, 0.29) is 23.0 Å². The molecule has 6 nitrogen and oxygen atoms in total. The Hall–Kier alpha value is -2.17. The van der Waals surface area contributed by atoms with E-state index in [4.69, 9.17) is 9.05 Å². The lowest BCUT2D eigenvalue weighted by atomic mass is 9.80. The fourth-order valence-electron chi connectivity index (χ4n) is 4.70. The number of rotatable bonds is 0. The van der Waals surface area contributed by atoms with Crippen molar-refractivity contribution in [1.82, 2.24) is 0 Å². The van der Waals surface area contributed by atoms with E-state index in [1.165, 1.54) is 0 Å². The van der Waals surface area contributed by atoms with Crippen LogP contribution in [0.15, 0.2) is 12.1 Å². The van der Waals surface area contributed by atoms with Crippen LogP contribution in [-0.4, -0.2) is 15.1 Å². The fourth-order valence-corrected chi connectivity index (χ4v) is 5.57. The lowest BCUT2D eigenvalue weighted by molar-refractivity contribution is 0.284. The van der Waals surface area contributed by atoms with Gasteiger partial charge in [-0.25, -0.2) is 4.57 Å². The van der Waals surface area contributed by atoms with Crippen molar-refractivity contribution in [3.05, 3.63) is 34.4 Å². The van der Waals surface area contributed by atoms with Crippen LogP contribution in [0.4, 0.5) is 0 Å². The number of phenols is 2. The minimum atomic E-state index is -4.54. The molecule has 0 amide bonds. The third kappa shape index (κ3) is 2.62. The molecule has 1 heterocycles. The van der Waals surface area contributed by atoms with Crippen LogP contribution in [0.3, 0.4) is 0 Å². The summed E-state index contributed by atoms with van der Waals surface area (Å²) in [5.41, 5.74) is 5.30. The first kappa shape index (κ1) is 17.0. The summed E-state index contributed by atoms with van der Waals surface area (Å²) in [7, 11) is -4.54. The highest BCUT2D eigenvalue weighted by molar-refractivity contribution is 7.48. The molecule has 5 rings (SSSR count). The van der Waals surface area contributed by atoms with Gasteiger partial charge in [0.15, 0.2) is 23.0 Å². The van der Waals surface area contributed by atoms with Crippen LogP contribution in [0, 0.1) is 0 Å². The summed E-state index contributed by atoms with van der Waals surface area (Å²) < 4.78 is 23.1. The lowest BCUT2D eigenvalue weighted by Crippen LogP contribution is -2.09. The van der Waals surface area contributed by atoms with Gasteiger partial charge in [0.2, 0.25) is 0 Å². The Kier molecular flexibility index (Phi) is 3.72. The zero-order valence-electron chi connectivity index (χ0n) is 14.8. The molecule has 2 aromatic carbocycles. The number of hydrogen-bond acceptors (Lipinski definition) is 5. The molecular weight excluding hydrogens is 367 g/mol. The summed E-state index contributed by atoms with van der Waals surface area (Å²) in [6.45, 7) is 0. The fraction of sp³-hybridized carbons (Fsp3) is 0.400. The van der Waals surface area contributed by atoms with Gasteiger partial charge >= 0.3 is 7.82 Å². The molecule has 3 aliphatic rings. The summed E-state index contributed by atoms with van der Waals surface area (Å²) in [6.07, 6.45) is 7.32. The van der Waals surface area contributed by atoms with Crippen molar-refractivity contribution in [1.29, 1.82) is 0 Å². The van der Waals surface area contributed by atoms with Gasteiger partial charge in [-0.3, -0.25) is 4.89 Å². The summed E-state index contributed by atoms with van der Waals surface area (Å²) in [5, 5.41) is 21.2. The molecule has 0 aromatic heterocycles. The first-order valence-electron chi connectivity index (χ1n) is 9.42. The minimum absolute atomic E-state index is 0.0152. The lowest BCUT2D eigenvalue weighted by Gasteiger charge is -2.26. The number of phenolic OH excluding ortho intramolecular Hbond substituents is 2. The molecule has 2 aromatic rings. The predicted molar refractivity (Wildman–Crippen MR) is 99.6 cm³/mol. The summed E-state index contributed by atoms with van der Waals surface area (Å²) in [6, 6.07) is 3.27. The molecule has 0 fully saturated rings. The molecule has 0 spiro atoms. The molecule has 0 bridgehead atoms. The van der Waals surface area contributed by atoms with E-state index in [9.17, 15) is 19.7 Å². The van der Waals surface area contributed by atoms with Gasteiger partial charge in [-0.05, 0) is 85.8 Å². The highest BCUT2D eigenvalue weighted by Gasteiger charge is 2.39. The Morgan fingerprint density at radius 1 is 0.741 bits per heavy atom. The van der Waals surface area contributed by atoms with Crippen molar-refractivity contribution in [2.45, 2.75) is 51.4 Å². The highest BCUT2D eigenvalue weighted by atomic mass is 31.2. The largest absolute Gasteiger partial charge is 0.585 e. The van der Waals surface area contributed by atoms with Crippen LogP contribution >= 0.6 is 7.82 Å². The van der Waals surface area contributed by atoms with Crippen LogP contribution in [0.1, 0.15) is 47.9 Å². The number of phosphoric ester groups is 1. The molecule has 0 saturated heterocycles. The van der Waals surface area contributed by atoms with Crippen molar-refractivity contribution in [2.24, 2.45) is 0 Å². The maximum absolute atomic E-state index is 12.5. The Morgan fingerprint density at radius 2 is 1.15 bits per heavy atom. The average Bonchev–Trinajstić information content (AvgIpc) is 2.76. The van der Waals surface area contributed by atoms with E-state index in [2.05, 4.69) is 0 Å². The maximum Gasteiger partial charge on any atom is 0.585 e. The molecule has 7 heteroatoms. The zero-order chi connectivity index (χ0) is 18.8. The van der Waals surface area contributed by atoms with Gasteiger partial charge in [-0.2, -0.15) is 0 Å². The van der Waals surface area contributed by atoms with E-state index in [1.807, 2.05) is 0 Å². The number of fused-ring (bicyclic) bond motifs is 7. The first-order chi connectivity index (χ1) is 12.9. The number of benzene rings is 2. The average molecular weight is 388 g/mol. The van der Waals surface area contributed by atoms with E-state index >= 15 is 0 Å². The molecule has 3 N–H and O–H groups in total. The molecule has 2 aliphatic carbocycles. The second-order valence-electron chi connectivity index (χ2n) is 7.54. The van der Waals surface area contributed by atoms with Crippen molar-refractivity contribution in [2.75, 3.05) is 0 Å². The molecule has 142 valence electrons. The minimum Gasteiger partial charge on any atom is -0.504 e. The van der Waals surface area contributed by atoms with Crippen LogP contribution in [0.5, 0.6) is 23.0 Å². The standard InChI is InChI=1S/C20H21O6P/c21-15-9-11-5-1-3-7-13(11)17-18-14-8-4-2-6-12(14)10-16(22)20(18)26-27(23,24)25-19(15)17/h9-10,21-22H,1-8H2,(H,23,24). The Labute approximate surface area is 157 Å². The SMILES string of the molecule is O=P1(O)Oc2c(O)cc3c(c2-c2c4c(cc(O)c2O1)CCCC4)CCCC3. The third-order valence-electron chi connectivity index (χ3n) is 5.83. The van der Waals surface area contributed by atoms with Gasteiger partial charge in [0, 0.05) is 11.1 Å². The molecule has 0 unspecified atom stereocenters. The molecule has 0 radical (unpaired) electrons. The number of hydrogen-bond donors (Lipinski definition) is 3. The predicted octanol–water partition coefficient (Wildman–Crippen LogP) is 4.39. The van der Waals surface area contributed by atoms with Crippen molar-refractivity contribution < 1.29 is 28.7 Å². The Bertz CT molecular complexity index is 935. The van der Waals surface area contributed by atoms with Gasteiger partial charge in [0.25, 0.3) is 0 Å². The van der Waals surface area contributed by atoms with Crippen LogP contribution < -0.4 is 9.05 Å². The van der Waals surface area contributed by atoms with E-state index in [0.29, 0.717) is 11.1 Å². The van der Waals surface area contributed by atoms with Gasteiger partial charge in [0.05, 0.1) is 0 Å². The molecule has 0 saturated carbocycles. The van der Waals surface area contributed by atoms with Gasteiger partial charge in [-0.15, -0.1) is 0 Å². The third-order valence-corrected chi connectivity index (χ3v) is 6.66. The summed E-state index contributed by atoms with van der Waals surface area (Å²) in [5.74, 6) is -0.356. The molecule has 0 atom stereocenters. The topological polar surface area (TPSA) is 96.2 Å². The van der Waals surface area contributed by atoms with Crippen LogP contribution in [-0.2, 0) is 30.2 Å². The van der Waals surface area contributed by atoms with E-state index in [0.717, 1.165) is 73.6 Å². The summed E-state index contributed by atoms with van der Waals surface area (Å²) in [4.78, 5) is 10.2.